The number of ether oxygens (including phenoxy) is 2. The summed E-state index contributed by atoms with van der Waals surface area (Å²) in [4.78, 5) is 46.9. The van der Waals surface area contributed by atoms with Crippen LogP contribution in [0.2, 0.25) is 0 Å². The molecule has 0 aliphatic carbocycles. The number of aryl methyl sites for hydroxylation is 2. The summed E-state index contributed by atoms with van der Waals surface area (Å²) in [6, 6.07) is 11.1. The maximum Gasteiger partial charge on any atom is 0.315 e. The Morgan fingerprint density at radius 1 is 0.688 bits per heavy atom. The van der Waals surface area contributed by atoms with E-state index < -0.39 is 23.8 Å². The van der Waals surface area contributed by atoms with Crippen LogP contribution < -0.4 is 10.6 Å². The van der Waals surface area contributed by atoms with Crippen molar-refractivity contribution in [3.05, 3.63) is 47.5 Å². The molecule has 32 heavy (non-hydrogen) atoms. The van der Waals surface area contributed by atoms with E-state index in [9.17, 15) is 19.2 Å². The zero-order valence-corrected chi connectivity index (χ0v) is 18.7. The lowest BCUT2D eigenvalue weighted by molar-refractivity contribution is -0.146. The van der Waals surface area contributed by atoms with E-state index in [-0.39, 0.29) is 26.1 Å². The van der Waals surface area contributed by atoms with E-state index in [4.69, 9.17) is 9.47 Å². The largest absolute Gasteiger partial charge is 0.466 e. The second kappa shape index (κ2) is 11.6. The molecule has 0 fully saturated rings. The number of rotatable bonds is 9. The topological polar surface area (TPSA) is 111 Å². The molecule has 170 valence electrons. The number of nitrogens with one attached hydrogen (secondary N) is 2. The Morgan fingerprint density at radius 3 is 1.38 bits per heavy atom. The molecule has 2 amide bonds. The molecule has 2 aromatic carbocycles. The smallest absolute Gasteiger partial charge is 0.315 e. The van der Waals surface area contributed by atoms with Crippen LogP contribution in [0.4, 0.5) is 11.4 Å². The molecule has 0 unspecified atom stereocenters. The molecule has 0 aromatic heterocycles. The molecule has 0 bridgehead atoms. The fourth-order valence-corrected chi connectivity index (χ4v) is 3.04. The van der Waals surface area contributed by atoms with Gasteiger partial charge in [0.2, 0.25) is 11.8 Å². The molecule has 0 heterocycles. The van der Waals surface area contributed by atoms with Crippen LogP contribution in [-0.2, 0) is 28.7 Å². The molecule has 0 aliphatic heterocycles. The molecule has 2 rings (SSSR count). The number of hydrogen-bond acceptors (Lipinski definition) is 6. The van der Waals surface area contributed by atoms with Crippen molar-refractivity contribution in [2.24, 2.45) is 0 Å². The first kappa shape index (κ1) is 24.6. The Morgan fingerprint density at radius 2 is 1.06 bits per heavy atom. The van der Waals surface area contributed by atoms with Gasteiger partial charge in [-0.25, -0.2) is 0 Å². The van der Waals surface area contributed by atoms with Crippen LogP contribution in [0, 0.1) is 13.8 Å². The summed E-state index contributed by atoms with van der Waals surface area (Å²) in [5.74, 6) is -2.00. The molecule has 0 aliphatic rings. The Hall–Kier alpha value is -3.68. The van der Waals surface area contributed by atoms with Crippen LogP contribution in [0.5, 0.6) is 0 Å². The summed E-state index contributed by atoms with van der Waals surface area (Å²) in [5.41, 5.74) is 4.76. The highest BCUT2D eigenvalue weighted by Gasteiger charge is 2.14. The number of anilines is 2. The highest BCUT2D eigenvalue weighted by Crippen LogP contribution is 2.28. The molecular formula is C24H28N2O6. The number of amides is 2. The van der Waals surface area contributed by atoms with Crippen molar-refractivity contribution in [2.45, 2.75) is 40.5 Å². The fraction of sp³-hybridized carbons (Fsp3) is 0.333. The van der Waals surface area contributed by atoms with Gasteiger partial charge >= 0.3 is 11.9 Å². The minimum absolute atomic E-state index is 0.229. The summed E-state index contributed by atoms with van der Waals surface area (Å²) in [6.07, 6.45) is -0.671. The Labute approximate surface area is 187 Å². The highest BCUT2D eigenvalue weighted by atomic mass is 16.5. The molecular weight excluding hydrogens is 412 g/mol. The van der Waals surface area contributed by atoms with Gasteiger partial charge in [0.25, 0.3) is 0 Å². The number of esters is 2. The van der Waals surface area contributed by atoms with Gasteiger partial charge in [-0.2, -0.15) is 0 Å². The maximum atomic E-state index is 12.0. The van der Waals surface area contributed by atoms with Gasteiger partial charge in [0.05, 0.1) is 13.2 Å². The van der Waals surface area contributed by atoms with E-state index in [0.29, 0.717) is 11.4 Å². The van der Waals surface area contributed by atoms with Crippen LogP contribution in [0.1, 0.15) is 37.8 Å². The van der Waals surface area contributed by atoms with Gasteiger partial charge in [-0.05, 0) is 74.2 Å². The van der Waals surface area contributed by atoms with E-state index in [0.717, 1.165) is 22.3 Å². The van der Waals surface area contributed by atoms with Gasteiger partial charge in [0, 0.05) is 11.4 Å². The lowest BCUT2D eigenvalue weighted by Crippen LogP contribution is -2.18. The predicted octanol–water partition coefficient (Wildman–Crippen LogP) is 3.75. The SMILES string of the molecule is CCOC(=O)CC(=O)Nc1ccc(-c2ccc(NC(=O)CC(=O)OCC)c(C)c2)cc1C. The average Bonchev–Trinajstić information content (AvgIpc) is 2.71. The van der Waals surface area contributed by atoms with Gasteiger partial charge in [-0.3, -0.25) is 19.2 Å². The van der Waals surface area contributed by atoms with E-state index in [2.05, 4.69) is 10.6 Å². The molecule has 8 heteroatoms. The second-order valence-electron chi connectivity index (χ2n) is 7.12. The van der Waals surface area contributed by atoms with Gasteiger partial charge < -0.3 is 20.1 Å². The van der Waals surface area contributed by atoms with Gasteiger partial charge in [-0.15, -0.1) is 0 Å². The summed E-state index contributed by atoms with van der Waals surface area (Å²) < 4.78 is 9.57. The van der Waals surface area contributed by atoms with Crippen molar-refractivity contribution in [2.75, 3.05) is 23.8 Å². The maximum absolute atomic E-state index is 12.0. The minimum atomic E-state index is -0.566. The van der Waals surface area contributed by atoms with E-state index in [1.807, 2.05) is 38.1 Å². The first-order valence-corrected chi connectivity index (χ1v) is 10.4. The summed E-state index contributed by atoms with van der Waals surface area (Å²) in [6.45, 7) is 7.55. The van der Waals surface area contributed by atoms with Gasteiger partial charge in [0.15, 0.2) is 0 Å². The average molecular weight is 440 g/mol. The van der Waals surface area contributed by atoms with Crippen LogP contribution >= 0.6 is 0 Å². The van der Waals surface area contributed by atoms with Gasteiger partial charge in [-0.1, -0.05) is 12.1 Å². The van der Waals surface area contributed by atoms with Crippen molar-refractivity contribution in [1.82, 2.24) is 0 Å². The number of carbonyl (C=O) groups is 4. The molecule has 0 atom stereocenters. The van der Waals surface area contributed by atoms with Crippen molar-refractivity contribution in [1.29, 1.82) is 0 Å². The molecule has 8 nitrogen and oxygen atoms in total. The third kappa shape index (κ3) is 7.23. The van der Waals surface area contributed by atoms with E-state index >= 15 is 0 Å². The first-order valence-electron chi connectivity index (χ1n) is 10.4. The standard InChI is InChI=1S/C24H28N2O6/c1-5-31-23(29)13-21(27)25-19-9-7-17(11-15(19)3)18-8-10-20(16(4)12-18)26-22(28)14-24(30)32-6-2/h7-12H,5-6,13-14H2,1-4H3,(H,25,27)(H,26,28). The molecule has 0 radical (unpaired) electrons. The summed E-state index contributed by atoms with van der Waals surface area (Å²) in [7, 11) is 0. The molecule has 0 saturated heterocycles. The molecule has 0 spiro atoms. The predicted molar refractivity (Wildman–Crippen MR) is 121 cm³/mol. The Balaban J connectivity index is 2.07. The van der Waals surface area contributed by atoms with Crippen LogP contribution in [0.3, 0.4) is 0 Å². The number of hydrogen-bond donors (Lipinski definition) is 2. The normalized spacial score (nSPS) is 10.2. The van der Waals surface area contributed by atoms with Crippen molar-refractivity contribution < 1.29 is 28.7 Å². The van der Waals surface area contributed by atoms with Crippen LogP contribution in [0.25, 0.3) is 11.1 Å². The second-order valence-corrected chi connectivity index (χ2v) is 7.12. The van der Waals surface area contributed by atoms with Crippen LogP contribution in [0.15, 0.2) is 36.4 Å². The monoisotopic (exact) mass is 440 g/mol. The van der Waals surface area contributed by atoms with E-state index in [1.54, 1.807) is 26.0 Å². The lowest BCUT2D eigenvalue weighted by atomic mass is 10.00. The van der Waals surface area contributed by atoms with Crippen LogP contribution in [-0.4, -0.2) is 37.0 Å². The molecule has 2 aromatic rings. The summed E-state index contributed by atoms with van der Waals surface area (Å²) >= 11 is 0. The minimum Gasteiger partial charge on any atom is -0.466 e. The Bertz CT molecular complexity index is 934. The van der Waals surface area contributed by atoms with Gasteiger partial charge in [0.1, 0.15) is 12.8 Å². The first-order chi connectivity index (χ1) is 15.2. The third-order valence-corrected chi connectivity index (χ3v) is 4.55. The quantitative estimate of drug-likeness (QED) is 0.454. The molecule has 0 saturated carbocycles. The summed E-state index contributed by atoms with van der Waals surface area (Å²) in [5, 5.41) is 5.44. The zero-order valence-electron chi connectivity index (χ0n) is 18.7. The number of carbonyl (C=O) groups excluding carboxylic acids is 4. The zero-order chi connectivity index (χ0) is 23.7. The molecule has 2 N–H and O–H groups in total. The van der Waals surface area contributed by atoms with Crippen molar-refractivity contribution in [3.8, 4) is 11.1 Å². The van der Waals surface area contributed by atoms with E-state index in [1.165, 1.54) is 0 Å². The van der Waals surface area contributed by atoms with Crippen molar-refractivity contribution in [3.63, 3.8) is 0 Å². The highest BCUT2D eigenvalue weighted by molar-refractivity contribution is 6.03. The van der Waals surface area contributed by atoms with Crippen molar-refractivity contribution >= 4 is 35.1 Å². The third-order valence-electron chi connectivity index (χ3n) is 4.55. The number of benzene rings is 2. The lowest BCUT2D eigenvalue weighted by Gasteiger charge is -2.13. The Kier molecular flexibility index (Phi) is 8.95. The fourth-order valence-electron chi connectivity index (χ4n) is 3.04.